The molecule has 23 heavy (non-hydrogen) atoms. The van der Waals surface area contributed by atoms with Crippen molar-refractivity contribution in [2.45, 2.75) is 12.8 Å². The second-order valence-electron chi connectivity index (χ2n) is 6.08. The van der Waals surface area contributed by atoms with Gasteiger partial charge in [0, 0.05) is 42.6 Å². The Morgan fingerprint density at radius 3 is 2.26 bits per heavy atom. The third kappa shape index (κ3) is 4.98. The first-order chi connectivity index (χ1) is 10.8. The number of rotatable bonds is 2. The van der Waals surface area contributed by atoms with Crippen LogP contribution in [-0.2, 0) is 16.4 Å². The lowest BCUT2D eigenvalue weighted by molar-refractivity contribution is 0.542. The summed E-state index contributed by atoms with van der Waals surface area (Å²) in [5, 5.41) is -1.40. The van der Waals surface area contributed by atoms with E-state index >= 15 is 0 Å². The van der Waals surface area contributed by atoms with Gasteiger partial charge in [0.2, 0.25) is 6.49 Å². The smallest absolute Gasteiger partial charge is 0.232 e. The zero-order chi connectivity index (χ0) is 17.1. The van der Waals surface area contributed by atoms with Gasteiger partial charge in [-0.2, -0.15) is 0 Å². The molecule has 0 N–H and O–H groups in total. The Labute approximate surface area is 154 Å². The van der Waals surface area contributed by atoms with Crippen LogP contribution in [0.25, 0.3) is 0 Å². The topological polar surface area (TPSA) is 23.6 Å². The number of hydrogen-bond donors (Lipinski definition) is 0. The third-order valence-corrected chi connectivity index (χ3v) is 18.6. The van der Waals surface area contributed by atoms with E-state index in [0.29, 0.717) is 12.1 Å². The molecule has 2 heterocycles. The van der Waals surface area contributed by atoms with E-state index in [1.807, 2.05) is 18.4 Å². The van der Waals surface area contributed by atoms with Crippen molar-refractivity contribution in [3.8, 4) is 24.3 Å². The minimum Gasteiger partial charge on any atom is -0.288 e. The number of nitrogens with zero attached hydrogens (tertiary/aromatic N) is 2. The summed E-state index contributed by atoms with van der Waals surface area (Å²) >= 11 is 9.20. The minimum atomic E-state index is -2.41. The highest BCUT2D eigenvalue weighted by Crippen LogP contribution is 2.65. The van der Waals surface area contributed by atoms with E-state index in [1.54, 1.807) is 4.67 Å². The molecular weight excluding hydrogens is 382 g/mol. The van der Waals surface area contributed by atoms with E-state index in [2.05, 4.69) is 36.7 Å². The second kappa shape index (κ2) is 8.23. The highest BCUT2D eigenvalue weighted by Gasteiger charge is 2.33. The van der Waals surface area contributed by atoms with Crippen molar-refractivity contribution in [3.63, 3.8) is 0 Å². The van der Waals surface area contributed by atoms with Crippen molar-refractivity contribution in [3.05, 3.63) is 0 Å². The molecule has 2 aliphatic heterocycles. The van der Waals surface area contributed by atoms with E-state index in [4.69, 9.17) is 18.2 Å². The zero-order valence-corrected chi connectivity index (χ0v) is 18.1. The van der Waals surface area contributed by atoms with Gasteiger partial charge in [-0.15, -0.1) is 23.7 Å². The highest BCUT2D eigenvalue weighted by molar-refractivity contribution is 8.70. The molecule has 2 aliphatic rings. The fourth-order valence-electron chi connectivity index (χ4n) is 2.40. The van der Waals surface area contributed by atoms with Crippen molar-refractivity contribution < 1.29 is 4.57 Å². The Morgan fingerprint density at radius 1 is 1.13 bits per heavy atom. The minimum absolute atomic E-state index is 0.258. The molecule has 0 bridgehead atoms. The zero-order valence-electron chi connectivity index (χ0n) is 13.9. The lowest BCUT2D eigenvalue weighted by Gasteiger charge is -2.34. The molecule has 0 spiro atoms. The van der Waals surface area contributed by atoms with Crippen molar-refractivity contribution in [2.24, 2.45) is 11.8 Å². The molecular formula is C15H24N2OP2S3. The van der Waals surface area contributed by atoms with Crippen LogP contribution in [0.2, 0.25) is 0 Å². The third-order valence-electron chi connectivity index (χ3n) is 4.21. The van der Waals surface area contributed by atoms with Gasteiger partial charge in [0.05, 0.1) is 5.39 Å². The van der Waals surface area contributed by atoms with E-state index in [0.717, 1.165) is 30.5 Å². The molecule has 2 saturated heterocycles. The molecule has 128 valence electrons. The summed E-state index contributed by atoms with van der Waals surface area (Å²) in [5.74, 6) is 8.49. The van der Waals surface area contributed by atoms with Gasteiger partial charge in [0.25, 0.3) is 0 Å². The Morgan fingerprint density at radius 2 is 1.78 bits per heavy atom. The summed E-state index contributed by atoms with van der Waals surface area (Å²) in [4.78, 5) is 0. The average Bonchev–Trinajstić information content (AvgIpc) is 2.54. The lowest BCUT2D eigenvalue weighted by Crippen LogP contribution is -2.19. The average molecular weight is 407 g/mol. The molecule has 4 unspecified atom stereocenters. The monoisotopic (exact) mass is 406 g/mol. The Hall–Kier alpha value is 0.460. The summed E-state index contributed by atoms with van der Waals surface area (Å²) < 4.78 is 16.9. The molecule has 0 aromatic carbocycles. The van der Waals surface area contributed by atoms with Gasteiger partial charge in [0.1, 0.15) is 0 Å². The van der Waals surface area contributed by atoms with Gasteiger partial charge in [-0.3, -0.25) is 13.9 Å². The maximum atomic E-state index is 13.0. The molecule has 0 amide bonds. The fraction of sp³-hybridized carbons (Fsp3) is 0.733. The van der Waals surface area contributed by atoms with Gasteiger partial charge in [0.15, 0.2) is 0 Å². The Bertz CT molecular complexity index is 611. The van der Waals surface area contributed by atoms with Gasteiger partial charge in [-0.05, 0) is 33.1 Å². The number of hydrogen-bond acceptors (Lipinski definition) is 4. The maximum absolute atomic E-state index is 13.0. The SMILES string of the molecule is C#CC1CCP(=O)(N(C)C#CC2CCP(=S)(N(C)C)SC2)SC1. The largest absolute Gasteiger partial charge is 0.288 e. The first-order valence-corrected chi connectivity index (χ1v) is 15.6. The highest BCUT2D eigenvalue weighted by atomic mass is 32.9. The van der Waals surface area contributed by atoms with Gasteiger partial charge in [-0.25, -0.2) is 0 Å². The molecule has 0 aromatic rings. The molecule has 0 saturated carbocycles. The summed E-state index contributed by atoms with van der Waals surface area (Å²) in [7, 11) is 6.03. The van der Waals surface area contributed by atoms with Crippen LogP contribution >= 0.6 is 34.6 Å². The van der Waals surface area contributed by atoms with Gasteiger partial charge < -0.3 is 0 Å². The molecule has 2 rings (SSSR count). The molecule has 8 heteroatoms. The molecule has 0 aromatic heterocycles. The normalized spacial score (nSPS) is 37.5. The molecule has 2 fully saturated rings. The van der Waals surface area contributed by atoms with Crippen LogP contribution < -0.4 is 0 Å². The van der Waals surface area contributed by atoms with Gasteiger partial charge >= 0.3 is 0 Å². The van der Waals surface area contributed by atoms with Crippen molar-refractivity contribution in [1.82, 2.24) is 9.34 Å². The van der Waals surface area contributed by atoms with Crippen LogP contribution in [0.3, 0.4) is 0 Å². The van der Waals surface area contributed by atoms with Crippen LogP contribution in [0.1, 0.15) is 12.8 Å². The quantitative estimate of drug-likeness (QED) is 0.389. The second-order valence-corrected chi connectivity index (χ2v) is 19.7. The lowest BCUT2D eigenvalue weighted by atomic mass is 10.1. The van der Waals surface area contributed by atoms with E-state index in [-0.39, 0.29) is 5.92 Å². The Kier molecular flexibility index (Phi) is 7.07. The summed E-state index contributed by atoms with van der Waals surface area (Å²) in [6, 6.07) is 3.15. The number of terminal acetylenes is 1. The first kappa shape index (κ1) is 19.8. The van der Waals surface area contributed by atoms with Crippen molar-refractivity contribution in [1.29, 1.82) is 0 Å². The summed E-state index contributed by atoms with van der Waals surface area (Å²) in [6.45, 7) is -2.41. The standard InChI is InChI=1S/C15H24N2OP2S3/c1-5-14-7-10-19(18,22-12-14)17(4)9-6-15-8-11-20(21,16(2)3)23-13-15/h1,14-15H,7-8,10-13H2,2-4H3. The maximum Gasteiger partial charge on any atom is 0.232 e. The molecule has 3 nitrogen and oxygen atoms in total. The summed E-state index contributed by atoms with van der Waals surface area (Å²) in [5.41, 5.74) is 0. The van der Waals surface area contributed by atoms with E-state index in [9.17, 15) is 4.57 Å². The van der Waals surface area contributed by atoms with Crippen LogP contribution in [0, 0.1) is 36.1 Å². The Balaban J connectivity index is 1.91. The van der Waals surface area contributed by atoms with Crippen molar-refractivity contribution >= 4 is 46.5 Å². The predicted molar refractivity (Wildman–Crippen MR) is 111 cm³/mol. The fourth-order valence-corrected chi connectivity index (χ4v) is 12.7. The van der Waals surface area contributed by atoms with Crippen LogP contribution in [0.4, 0.5) is 0 Å². The first-order valence-electron chi connectivity index (χ1n) is 7.65. The van der Waals surface area contributed by atoms with E-state index in [1.165, 1.54) is 11.4 Å². The van der Waals surface area contributed by atoms with Crippen LogP contribution in [0.5, 0.6) is 0 Å². The van der Waals surface area contributed by atoms with Gasteiger partial charge in [-0.1, -0.05) is 29.1 Å². The van der Waals surface area contributed by atoms with E-state index < -0.39 is 11.9 Å². The predicted octanol–water partition coefficient (Wildman–Crippen LogP) is 4.08. The molecule has 0 radical (unpaired) electrons. The summed E-state index contributed by atoms with van der Waals surface area (Å²) in [6.07, 6.45) is 9.10. The van der Waals surface area contributed by atoms with Crippen LogP contribution in [-0.4, -0.2) is 54.3 Å². The van der Waals surface area contributed by atoms with Crippen LogP contribution in [0.15, 0.2) is 0 Å². The molecule has 4 atom stereocenters. The van der Waals surface area contributed by atoms with Crippen molar-refractivity contribution in [2.75, 3.05) is 45.0 Å². The molecule has 0 aliphatic carbocycles.